The summed E-state index contributed by atoms with van der Waals surface area (Å²) >= 11 is 0. The SMILES string of the molecule is CC1(CC(=O)N/N=C/c2ccc([N+](=O)[O-])o2)OCCO1. The number of amides is 1. The molecule has 9 nitrogen and oxygen atoms in total. The average Bonchev–Trinajstić information content (AvgIpc) is 2.98. The zero-order chi connectivity index (χ0) is 14.6. The summed E-state index contributed by atoms with van der Waals surface area (Å²) in [5.41, 5.74) is 2.26. The van der Waals surface area contributed by atoms with E-state index in [9.17, 15) is 14.9 Å². The van der Waals surface area contributed by atoms with Gasteiger partial charge in [-0.05, 0) is 13.0 Å². The van der Waals surface area contributed by atoms with E-state index >= 15 is 0 Å². The minimum absolute atomic E-state index is 0.00262. The number of furan rings is 1. The van der Waals surface area contributed by atoms with Crippen LogP contribution < -0.4 is 5.43 Å². The number of nitro groups is 1. The third kappa shape index (κ3) is 3.62. The summed E-state index contributed by atoms with van der Waals surface area (Å²) in [7, 11) is 0. The number of hydrogen-bond acceptors (Lipinski definition) is 7. The van der Waals surface area contributed by atoms with Gasteiger partial charge < -0.3 is 13.9 Å². The van der Waals surface area contributed by atoms with Crippen LogP contribution in [0.15, 0.2) is 21.7 Å². The van der Waals surface area contributed by atoms with Crippen molar-refractivity contribution in [2.75, 3.05) is 13.2 Å². The average molecular weight is 283 g/mol. The van der Waals surface area contributed by atoms with E-state index in [1.54, 1.807) is 6.92 Å². The van der Waals surface area contributed by atoms with E-state index in [1.807, 2.05) is 0 Å². The van der Waals surface area contributed by atoms with Gasteiger partial charge in [-0.1, -0.05) is 0 Å². The van der Waals surface area contributed by atoms with Gasteiger partial charge >= 0.3 is 5.88 Å². The summed E-state index contributed by atoms with van der Waals surface area (Å²) in [6.07, 6.45) is 1.17. The smallest absolute Gasteiger partial charge is 0.400 e. The molecule has 1 aromatic rings. The van der Waals surface area contributed by atoms with Crippen molar-refractivity contribution in [3.63, 3.8) is 0 Å². The first-order valence-electron chi connectivity index (χ1n) is 5.82. The number of rotatable bonds is 5. The molecule has 1 saturated heterocycles. The van der Waals surface area contributed by atoms with Crippen LogP contribution in [0.2, 0.25) is 0 Å². The van der Waals surface area contributed by atoms with Gasteiger partial charge in [0.05, 0.1) is 31.9 Å². The van der Waals surface area contributed by atoms with E-state index in [4.69, 9.17) is 13.9 Å². The Labute approximate surface area is 113 Å². The van der Waals surface area contributed by atoms with Crippen molar-refractivity contribution >= 4 is 18.0 Å². The van der Waals surface area contributed by atoms with Gasteiger partial charge in [0, 0.05) is 0 Å². The van der Waals surface area contributed by atoms with Gasteiger partial charge in [-0.2, -0.15) is 5.10 Å². The molecule has 0 bridgehead atoms. The van der Waals surface area contributed by atoms with E-state index in [1.165, 1.54) is 18.3 Å². The molecular weight excluding hydrogens is 270 g/mol. The van der Waals surface area contributed by atoms with E-state index < -0.39 is 22.5 Å². The lowest BCUT2D eigenvalue weighted by Crippen LogP contribution is -2.33. The minimum Gasteiger partial charge on any atom is -0.400 e. The Balaban J connectivity index is 1.83. The lowest BCUT2D eigenvalue weighted by molar-refractivity contribution is -0.402. The molecule has 1 aliphatic rings. The van der Waals surface area contributed by atoms with Crippen molar-refractivity contribution < 1.29 is 23.6 Å². The van der Waals surface area contributed by atoms with Gasteiger partial charge in [0.2, 0.25) is 5.91 Å². The lowest BCUT2D eigenvalue weighted by atomic mass is 10.2. The third-order valence-electron chi connectivity index (χ3n) is 2.55. The number of carbonyl (C=O) groups excluding carboxylic acids is 1. The molecule has 0 spiro atoms. The maximum atomic E-state index is 11.6. The monoisotopic (exact) mass is 283 g/mol. The zero-order valence-corrected chi connectivity index (χ0v) is 10.7. The molecule has 0 saturated carbocycles. The highest BCUT2D eigenvalue weighted by Gasteiger charge is 2.33. The molecule has 20 heavy (non-hydrogen) atoms. The van der Waals surface area contributed by atoms with Crippen LogP contribution in [-0.2, 0) is 14.3 Å². The van der Waals surface area contributed by atoms with Crippen LogP contribution in [0.3, 0.4) is 0 Å². The molecule has 108 valence electrons. The highest BCUT2D eigenvalue weighted by molar-refractivity contribution is 5.80. The van der Waals surface area contributed by atoms with Gasteiger partial charge in [-0.15, -0.1) is 0 Å². The summed E-state index contributed by atoms with van der Waals surface area (Å²) in [5, 5.41) is 14.0. The maximum Gasteiger partial charge on any atom is 0.433 e. The molecule has 0 atom stereocenters. The molecule has 1 fully saturated rings. The highest BCUT2D eigenvalue weighted by atomic mass is 16.7. The van der Waals surface area contributed by atoms with Crippen molar-refractivity contribution in [1.29, 1.82) is 0 Å². The largest absolute Gasteiger partial charge is 0.433 e. The second-order valence-corrected chi connectivity index (χ2v) is 4.23. The maximum absolute atomic E-state index is 11.6. The van der Waals surface area contributed by atoms with E-state index in [-0.39, 0.29) is 12.2 Å². The quantitative estimate of drug-likeness (QED) is 0.485. The fourth-order valence-electron chi connectivity index (χ4n) is 1.67. The van der Waals surface area contributed by atoms with E-state index in [0.29, 0.717) is 13.2 Å². The van der Waals surface area contributed by atoms with Crippen LogP contribution in [0.4, 0.5) is 5.88 Å². The predicted molar refractivity (Wildman–Crippen MR) is 66.0 cm³/mol. The highest BCUT2D eigenvalue weighted by Crippen LogP contribution is 2.22. The molecule has 0 radical (unpaired) electrons. The fraction of sp³-hybridized carbons (Fsp3) is 0.455. The van der Waals surface area contributed by atoms with Crippen LogP contribution in [0.25, 0.3) is 0 Å². The summed E-state index contributed by atoms with van der Waals surface area (Å²) < 4.78 is 15.4. The van der Waals surface area contributed by atoms with Crippen molar-refractivity contribution in [3.8, 4) is 0 Å². The van der Waals surface area contributed by atoms with Gasteiger partial charge in [-0.3, -0.25) is 14.9 Å². The summed E-state index contributed by atoms with van der Waals surface area (Å²) in [6, 6.07) is 2.57. The predicted octanol–water partition coefficient (Wildman–Crippen LogP) is 0.791. The van der Waals surface area contributed by atoms with Crippen LogP contribution in [0, 0.1) is 10.1 Å². The molecule has 0 aliphatic carbocycles. The van der Waals surface area contributed by atoms with Crippen molar-refractivity contribution in [3.05, 3.63) is 28.0 Å². The van der Waals surface area contributed by atoms with Gasteiger partial charge in [0.15, 0.2) is 11.5 Å². The van der Waals surface area contributed by atoms with Crippen molar-refractivity contribution in [2.24, 2.45) is 5.10 Å². The van der Waals surface area contributed by atoms with Crippen LogP contribution >= 0.6 is 0 Å². The zero-order valence-electron chi connectivity index (χ0n) is 10.7. The number of ether oxygens (including phenoxy) is 2. The summed E-state index contributed by atoms with van der Waals surface area (Å²) in [4.78, 5) is 21.3. The lowest BCUT2D eigenvalue weighted by Gasteiger charge is -2.20. The van der Waals surface area contributed by atoms with Crippen molar-refractivity contribution in [2.45, 2.75) is 19.1 Å². The fourth-order valence-corrected chi connectivity index (χ4v) is 1.67. The molecule has 1 aliphatic heterocycles. The normalized spacial score (nSPS) is 17.4. The molecule has 1 aromatic heterocycles. The Hall–Kier alpha value is -2.26. The van der Waals surface area contributed by atoms with Gasteiger partial charge in [-0.25, -0.2) is 5.43 Å². The molecular formula is C11H13N3O6. The molecule has 0 unspecified atom stereocenters. The minimum atomic E-state index is -0.928. The first kappa shape index (κ1) is 14.2. The first-order chi connectivity index (χ1) is 9.48. The van der Waals surface area contributed by atoms with Gasteiger partial charge in [0.1, 0.15) is 4.92 Å². The van der Waals surface area contributed by atoms with E-state index in [0.717, 1.165) is 0 Å². The molecule has 9 heteroatoms. The third-order valence-corrected chi connectivity index (χ3v) is 2.55. The van der Waals surface area contributed by atoms with Gasteiger partial charge in [0.25, 0.3) is 0 Å². The Morgan fingerprint density at radius 1 is 1.55 bits per heavy atom. The second-order valence-electron chi connectivity index (χ2n) is 4.23. The van der Waals surface area contributed by atoms with Crippen LogP contribution in [0.1, 0.15) is 19.1 Å². The molecule has 0 aromatic carbocycles. The van der Waals surface area contributed by atoms with Crippen LogP contribution in [-0.4, -0.2) is 36.0 Å². The summed E-state index contributed by atoms with van der Waals surface area (Å²) in [6.45, 7) is 2.56. The number of carbonyl (C=O) groups is 1. The van der Waals surface area contributed by atoms with Crippen LogP contribution in [0.5, 0.6) is 0 Å². The Morgan fingerprint density at radius 2 is 2.25 bits per heavy atom. The number of hydrogen-bond donors (Lipinski definition) is 1. The molecule has 2 rings (SSSR count). The Morgan fingerprint density at radius 3 is 2.85 bits per heavy atom. The standard InChI is InChI=1S/C11H13N3O6/c1-11(18-4-5-19-11)6-9(15)13-12-7-8-2-3-10(20-8)14(16)17/h2-3,7H,4-6H2,1H3,(H,13,15)/b12-7+. The number of hydrazone groups is 1. The number of nitrogens with one attached hydrogen (secondary N) is 1. The Bertz CT molecular complexity index is 532. The van der Waals surface area contributed by atoms with Crippen molar-refractivity contribution in [1.82, 2.24) is 5.43 Å². The summed E-state index contributed by atoms with van der Waals surface area (Å²) in [5.74, 6) is -1.55. The first-order valence-corrected chi connectivity index (χ1v) is 5.82. The number of nitrogens with zero attached hydrogens (tertiary/aromatic N) is 2. The van der Waals surface area contributed by atoms with E-state index in [2.05, 4.69) is 10.5 Å². The molecule has 2 heterocycles. The molecule has 1 N–H and O–H groups in total. The molecule has 1 amide bonds. The second kappa shape index (κ2) is 5.80. The topological polar surface area (TPSA) is 116 Å². The Kier molecular flexibility index (Phi) is 4.11.